The van der Waals surface area contributed by atoms with E-state index in [0.29, 0.717) is 23.5 Å². The molecule has 9 nitrogen and oxygen atoms in total. The van der Waals surface area contributed by atoms with Gasteiger partial charge in [0.25, 0.3) is 0 Å². The van der Waals surface area contributed by atoms with Crippen molar-refractivity contribution in [1.82, 2.24) is 15.0 Å². The van der Waals surface area contributed by atoms with Crippen LogP contribution < -0.4 is 20.5 Å². The third-order valence-corrected chi connectivity index (χ3v) is 5.66. The Morgan fingerprint density at radius 1 is 0.968 bits per heavy atom. The Balaban J connectivity index is 1.50. The van der Waals surface area contributed by atoms with E-state index in [0.717, 1.165) is 63.1 Å². The molecular formula is C21H27ClN8O. The lowest BCUT2D eigenvalue weighted by Gasteiger charge is -2.20. The van der Waals surface area contributed by atoms with Crippen molar-refractivity contribution >= 4 is 46.8 Å². The molecule has 0 saturated carbocycles. The van der Waals surface area contributed by atoms with Gasteiger partial charge < -0.3 is 15.1 Å². The Hall–Kier alpha value is -2.94. The number of halogens is 1. The fraction of sp³-hybridized carbons (Fsp3) is 0.476. The summed E-state index contributed by atoms with van der Waals surface area (Å²) < 4.78 is 0. The molecule has 1 aromatic carbocycles. The Morgan fingerprint density at radius 3 is 2.03 bits per heavy atom. The van der Waals surface area contributed by atoms with Crippen LogP contribution in [0, 0.1) is 0 Å². The van der Waals surface area contributed by atoms with Crippen LogP contribution in [0.3, 0.4) is 0 Å². The third kappa shape index (κ3) is 5.41. The van der Waals surface area contributed by atoms with Gasteiger partial charge in [0.2, 0.25) is 23.8 Å². The molecule has 0 spiro atoms. The number of rotatable bonds is 7. The van der Waals surface area contributed by atoms with Crippen LogP contribution in [0.4, 0.5) is 23.5 Å². The highest BCUT2D eigenvalue weighted by molar-refractivity contribution is 6.29. The second-order valence-corrected chi connectivity index (χ2v) is 7.98. The van der Waals surface area contributed by atoms with Crippen LogP contribution in [0.5, 0.6) is 0 Å². The van der Waals surface area contributed by atoms with E-state index in [9.17, 15) is 4.79 Å². The van der Waals surface area contributed by atoms with Crippen LogP contribution in [0.25, 0.3) is 0 Å². The summed E-state index contributed by atoms with van der Waals surface area (Å²) >= 11 is 5.53. The molecule has 0 bridgehead atoms. The summed E-state index contributed by atoms with van der Waals surface area (Å²) in [7, 11) is 0. The van der Waals surface area contributed by atoms with Gasteiger partial charge in [-0.2, -0.15) is 20.1 Å². The molecule has 0 unspecified atom stereocenters. The molecule has 2 N–H and O–H groups in total. The number of carbonyl (C=O) groups is 1. The zero-order chi connectivity index (χ0) is 21.6. The number of hydrogen-bond donors (Lipinski definition) is 2. The fourth-order valence-corrected chi connectivity index (χ4v) is 3.78. The molecular weight excluding hydrogens is 416 g/mol. The molecule has 0 aliphatic carbocycles. The van der Waals surface area contributed by atoms with Crippen molar-refractivity contribution in [3.63, 3.8) is 0 Å². The lowest BCUT2D eigenvalue weighted by Crippen LogP contribution is -2.25. The maximum Gasteiger partial charge on any atom is 0.250 e. The number of anilines is 4. The number of hydrogen-bond acceptors (Lipinski definition) is 8. The van der Waals surface area contributed by atoms with Crippen LogP contribution >= 0.6 is 11.6 Å². The van der Waals surface area contributed by atoms with Gasteiger partial charge in [-0.15, -0.1) is 11.6 Å². The lowest BCUT2D eigenvalue weighted by molar-refractivity contribution is -0.113. The fourth-order valence-electron chi connectivity index (χ4n) is 3.71. The van der Waals surface area contributed by atoms with Gasteiger partial charge in [0.1, 0.15) is 5.88 Å². The largest absolute Gasteiger partial charge is 0.341 e. The molecule has 2 fully saturated rings. The summed E-state index contributed by atoms with van der Waals surface area (Å²) in [5, 5.41) is 7.19. The van der Waals surface area contributed by atoms with E-state index in [-0.39, 0.29) is 11.8 Å². The summed E-state index contributed by atoms with van der Waals surface area (Å²) in [5.74, 6) is 1.56. The highest BCUT2D eigenvalue weighted by atomic mass is 35.5. The van der Waals surface area contributed by atoms with E-state index in [2.05, 4.69) is 35.6 Å². The molecule has 10 heteroatoms. The topological polar surface area (TPSA) is 98.6 Å². The van der Waals surface area contributed by atoms with Crippen molar-refractivity contribution in [2.75, 3.05) is 52.6 Å². The summed E-state index contributed by atoms with van der Waals surface area (Å²) in [5.41, 5.74) is 5.40. The highest BCUT2D eigenvalue weighted by Crippen LogP contribution is 2.23. The van der Waals surface area contributed by atoms with Crippen molar-refractivity contribution in [2.45, 2.75) is 32.6 Å². The molecule has 0 radical (unpaired) electrons. The predicted molar refractivity (Wildman–Crippen MR) is 124 cm³/mol. The van der Waals surface area contributed by atoms with Gasteiger partial charge in [-0.25, -0.2) is 5.43 Å². The van der Waals surface area contributed by atoms with E-state index in [1.807, 2.05) is 31.2 Å². The lowest BCUT2D eigenvalue weighted by atomic mass is 10.1. The standard InChI is InChI=1S/C21H27ClN8O/c1-15(16-6-8-17(9-7-16)23-18(31)14-22)27-28-19-24-20(29-10-2-3-11-29)26-21(25-19)30-12-4-5-13-30/h6-9H,2-5,10-14H2,1H3,(H,23,31)(H,24,25,26,28)/b27-15+. The van der Waals surface area contributed by atoms with Crippen molar-refractivity contribution in [1.29, 1.82) is 0 Å². The molecule has 2 aliphatic heterocycles. The minimum absolute atomic E-state index is 0.0725. The van der Waals surface area contributed by atoms with Crippen LogP contribution in [-0.4, -0.2) is 58.6 Å². The number of aromatic nitrogens is 3. The summed E-state index contributed by atoms with van der Waals surface area (Å²) in [6.45, 7) is 5.79. The number of nitrogens with one attached hydrogen (secondary N) is 2. The molecule has 3 heterocycles. The molecule has 1 aromatic heterocycles. The van der Waals surface area contributed by atoms with E-state index >= 15 is 0 Å². The zero-order valence-electron chi connectivity index (χ0n) is 17.6. The van der Waals surface area contributed by atoms with Crippen molar-refractivity contribution in [3.8, 4) is 0 Å². The monoisotopic (exact) mass is 442 g/mol. The Bertz CT molecular complexity index is 903. The molecule has 4 rings (SSSR count). The molecule has 164 valence electrons. The van der Waals surface area contributed by atoms with Gasteiger partial charge in [-0.1, -0.05) is 12.1 Å². The molecule has 2 aliphatic rings. The van der Waals surface area contributed by atoms with E-state index in [1.54, 1.807) is 0 Å². The van der Waals surface area contributed by atoms with E-state index < -0.39 is 0 Å². The molecule has 2 saturated heterocycles. The zero-order valence-corrected chi connectivity index (χ0v) is 18.4. The van der Waals surface area contributed by atoms with Crippen LogP contribution in [0.1, 0.15) is 38.2 Å². The quantitative estimate of drug-likeness (QED) is 0.386. The van der Waals surface area contributed by atoms with Crippen molar-refractivity contribution in [3.05, 3.63) is 29.8 Å². The second kappa shape index (κ2) is 9.91. The Kier molecular flexibility index (Phi) is 6.81. The van der Waals surface area contributed by atoms with Crippen molar-refractivity contribution < 1.29 is 4.79 Å². The minimum Gasteiger partial charge on any atom is -0.341 e. The average Bonchev–Trinajstić information content (AvgIpc) is 3.52. The number of hydrazone groups is 1. The third-order valence-electron chi connectivity index (χ3n) is 5.42. The first-order valence-corrected chi connectivity index (χ1v) is 11.2. The van der Waals surface area contributed by atoms with E-state index in [1.165, 1.54) is 0 Å². The van der Waals surface area contributed by atoms with E-state index in [4.69, 9.17) is 16.6 Å². The normalized spacial score (nSPS) is 16.6. The second-order valence-electron chi connectivity index (χ2n) is 7.72. The predicted octanol–water partition coefficient (Wildman–Crippen LogP) is 3.09. The van der Waals surface area contributed by atoms with Crippen LogP contribution in [0.15, 0.2) is 29.4 Å². The number of amides is 1. The van der Waals surface area contributed by atoms with Gasteiger partial charge in [0.05, 0.1) is 5.71 Å². The summed E-state index contributed by atoms with van der Waals surface area (Å²) in [4.78, 5) is 29.7. The number of nitrogens with zero attached hydrogens (tertiary/aromatic N) is 6. The SMILES string of the molecule is C/C(=N\Nc1nc(N2CCCC2)nc(N2CCCC2)n1)c1ccc(NC(=O)CCl)cc1. The van der Waals surface area contributed by atoms with Gasteiger partial charge in [-0.05, 0) is 50.3 Å². The maximum atomic E-state index is 11.4. The molecule has 2 aromatic rings. The summed E-state index contributed by atoms with van der Waals surface area (Å²) in [6.07, 6.45) is 4.64. The molecule has 31 heavy (non-hydrogen) atoms. The van der Waals surface area contributed by atoms with Gasteiger partial charge in [0, 0.05) is 31.9 Å². The van der Waals surface area contributed by atoms with Crippen LogP contribution in [-0.2, 0) is 4.79 Å². The highest BCUT2D eigenvalue weighted by Gasteiger charge is 2.21. The smallest absolute Gasteiger partial charge is 0.250 e. The molecule has 1 amide bonds. The number of carbonyl (C=O) groups excluding carboxylic acids is 1. The maximum absolute atomic E-state index is 11.4. The van der Waals surface area contributed by atoms with Gasteiger partial charge in [-0.3, -0.25) is 4.79 Å². The molecule has 0 atom stereocenters. The van der Waals surface area contributed by atoms with Gasteiger partial charge in [0.15, 0.2) is 0 Å². The summed E-state index contributed by atoms with van der Waals surface area (Å²) in [6, 6.07) is 7.42. The first-order valence-electron chi connectivity index (χ1n) is 10.6. The first-order chi connectivity index (χ1) is 15.1. The Labute approximate surface area is 186 Å². The minimum atomic E-state index is -0.237. The Morgan fingerprint density at radius 2 is 1.52 bits per heavy atom. The van der Waals surface area contributed by atoms with Crippen LogP contribution in [0.2, 0.25) is 0 Å². The van der Waals surface area contributed by atoms with Crippen molar-refractivity contribution in [2.24, 2.45) is 5.10 Å². The first kappa shape index (κ1) is 21.3. The average molecular weight is 443 g/mol. The number of benzene rings is 1. The number of alkyl halides is 1. The van der Waals surface area contributed by atoms with Gasteiger partial charge >= 0.3 is 0 Å².